The summed E-state index contributed by atoms with van der Waals surface area (Å²) in [6.45, 7) is 2.69. The maximum Gasteiger partial charge on any atom is 0.0898 e. The number of aryl methyl sites for hydroxylation is 1. The smallest absolute Gasteiger partial charge is 0.0898 e. The van der Waals surface area contributed by atoms with Gasteiger partial charge in [0.25, 0.3) is 0 Å². The van der Waals surface area contributed by atoms with Gasteiger partial charge in [-0.25, -0.2) is 4.98 Å². The van der Waals surface area contributed by atoms with Crippen molar-refractivity contribution in [3.63, 3.8) is 0 Å². The van der Waals surface area contributed by atoms with Gasteiger partial charge in [-0.05, 0) is 19.1 Å². The second-order valence-corrected chi connectivity index (χ2v) is 5.40. The average molecular weight is 270 g/mol. The van der Waals surface area contributed by atoms with Crippen LogP contribution in [-0.2, 0) is 6.54 Å². The van der Waals surface area contributed by atoms with E-state index in [0.29, 0.717) is 6.54 Å². The first-order chi connectivity index (χ1) is 9.24. The number of benzene rings is 1. The van der Waals surface area contributed by atoms with Crippen LogP contribution in [0.4, 0.5) is 11.4 Å². The molecule has 0 bridgehead atoms. The summed E-state index contributed by atoms with van der Waals surface area (Å²) in [7, 11) is 0. The Kier molecular flexibility index (Phi) is 3.05. The number of anilines is 2. The second-order valence-electron chi connectivity index (χ2n) is 4.34. The minimum atomic E-state index is 0.686. The lowest BCUT2D eigenvalue weighted by atomic mass is 10.1. The van der Waals surface area contributed by atoms with Crippen molar-refractivity contribution in [3.05, 3.63) is 46.7 Å². The molecule has 0 aliphatic heterocycles. The fraction of sp³-hybridized carbons (Fsp3) is 0.143. The summed E-state index contributed by atoms with van der Waals surface area (Å²) < 4.78 is 0. The first-order valence-electron chi connectivity index (χ1n) is 6.01. The van der Waals surface area contributed by atoms with Crippen molar-refractivity contribution in [2.24, 2.45) is 0 Å². The average Bonchev–Trinajstić information content (AvgIpc) is 2.84. The lowest BCUT2D eigenvalue weighted by Gasteiger charge is -2.10. The molecule has 2 heterocycles. The van der Waals surface area contributed by atoms with Crippen molar-refractivity contribution in [1.82, 2.24) is 9.97 Å². The van der Waals surface area contributed by atoms with Crippen LogP contribution in [0.3, 0.4) is 0 Å². The molecule has 0 aliphatic carbocycles. The highest BCUT2D eigenvalue weighted by molar-refractivity contribution is 7.09. The molecule has 19 heavy (non-hydrogen) atoms. The Bertz CT molecular complexity index is 720. The summed E-state index contributed by atoms with van der Waals surface area (Å²) in [6.07, 6.45) is 3.57. The molecular formula is C14H14N4S. The van der Waals surface area contributed by atoms with E-state index in [1.54, 1.807) is 17.5 Å². The Hall–Kier alpha value is -2.14. The van der Waals surface area contributed by atoms with Gasteiger partial charge in [0.2, 0.25) is 0 Å². The Morgan fingerprint density at radius 1 is 1.32 bits per heavy atom. The number of nitrogens with two attached hydrogens (primary N) is 1. The molecule has 0 atom stereocenters. The van der Waals surface area contributed by atoms with Gasteiger partial charge in [-0.2, -0.15) is 0 Å². The first kappa shape index (κ1) is 11.9. The van der Waals surface area contributed by atoms with E-state index in [-0.39, 0.29) is 0 Å². The van der Waals surface area contributed by atoms with Crippen LogP contribution in [-0.4, -0.2) is 9.97 Å². The van der Waals surface area contributed by atoms with Gasteiger partial charge in [-0.15, -0.1) is 11.3 Å². The predicted octanol–water partition coefficient (Wildman–Crippen LogP) is 3.19. The molecule has 5 heteroatoms. The van der Waals surface area contributed by atoms with Gasteiger partial charge < -0.3 is 11.1 Å². The van der Waals surface area contributed by atoms with E-state index < -0.39 is 0 Å². The Morgan fingerprint density at radius 2 is 2.21 bits per heavy atom. The van der Waals surface area contributed by atoms with Crippen molar-refractivity contribution < 1.29 is 0 Å². The monoisotopic (exact) mass is 270 g/mol. The van der Waals surface area contributed by atoms with Crippen LogP contribution >= 0.6 is 11.3 Å². The molecule has 0 saturated heterocycles. The molecule has 0 radical (unpaired) electrons. The zero-order chi connectivity index (χ0) is 13.2. The maximum atomic E-state index is 6.18. The number of nitrogen functional groups attached to an aromatic ring is 1. The largest absolute Gasteiger partial charge is 0.397 e. The quantitative estimate of drug-likeness (QED) is 0.717. The van der Waals surface area contributed by atoms with Gasteiger partial charge in [0, 0.05) is 28.5 Å². The topological polar surface area (TPSA) is 63.8 Å². The highest BCUT2D eigenvalue weighted by Gasteiger charge is 2.05. The molecule has 0 aliphatic rings. The van der Waals surface area contributed by atoms with Crippen molar-refractivity contribution in [2.75, 3.05) is 11.1 Å². The normalized spacial score (nSPS) is 10.8. The SMILES string of the molecule is Cc1nc(CNc2ccc3cnccc3c2N)cs1. The highest BCUT2D eigenvalue weighted by Crippen LogP contribution is 2.28. The zero-order valence-electron chi connectivity index (χ0n) is 10.6. The third kappa shape index (κ3) is 2.37. The van der Waals surface area contributed by atoms with Crippen LogP contribution < -0.4 is 11.1 Å². The summed E-state index contributed by atoms with van der Waals surface area (Å²) in [6, 6.07) is 5.94. The van der Waals surface area contributed by atoms with Gasteiger partial charge in [0.1, 0.15) is 0 Å². The number of pyridine rings is 1. The van der Waals surface area contributed by atoms with Crippen LogP contribution in [0.25, 0.3) is 10.8 Å². The molecule has 3 aromatic rings. The van der Waals surface area contributed by atoms with E-state index in [4.69, 9.17) is 5.73 Å². The number of nitrogens with one attached hydrogen (secondary N) is 1. The maximum absolute atomic E-state index is 6.18. The molecule has 0 fully saturated rings. The van der Waals surface area contributed by atoms with E-state index in [9.17, 15) is 0 Å². The van der Waals surface area contributed by atoms with Gasteiger partial charge >= 0.3 is 0 Å². The van der Waals surface area contributed by atoms with Gasteiger partial charge in [0.15, 0.2) is 0 Å². The summed E-state index contributed by atoms with van der Waals surface area (Å²) >= 11 is 1.66. The molecule has 0 unspecified atom stereocenters. The molecule has 3 rings (SSSR count). The van der Waals surface area contributed by atoms with E-state index in [1.165, 1.54) is 0 Å². The number of hydrogen-bond donors (Lipinski definition) is 2. The third-order valence-electron chi connectivity index (χ3n) is 2.99. The van der Waals surface area contributed by atoms with Gasteiger partial charge in [-0.3, -0.25) is 4.98 Å². The van der Waals surface area contributed by atoms with Gasteiger partial charge in [0.05, 0.1) is 28.6 Å². The lowest BCUT2D eigenvalue weighted by molar-refractivity contribution is 1.06. The van der Waals surface area contributed by atoms with E-state index >= 15 is 0 Å². The van der Waals surface area contributed by atoms with Crippen LogP contribution in [0.15, 0.2) is 36.0 Å². The van der Waals surface area contributed by atoms with Crippen molar-refractivity contribution in [2.45, 2.75) is 13.5 Å². The number of aromatic nitrogens is 2. The second kappa shape index (κ2) is 4.85. The molecule has 2 aromatic heterocycles. The Labute approximate surface area is 115 Å². The zero-order valence-corrected chi connectivity index (χ0v) is 11.4. The molecule has 0 amide bonds. The van der Waals surface area contributed by atoms with Crippen LogP contribution in [0, 0.1) is 6.92 Å². The third-order valence-corrected chi connectivity index (χ3v) is 3.81. The Balaban J connectivity index is 1.87. The summed E-state index contributed by atoms with van der Waals surface area (Å²) in [4.78, 5) is 8.52. The lowest BCUT2D eigenvalue weighted by Crippen LogP contribution is -2.03. The fourth-order valence-electron chi connectivity index (χ4n) is 2.02. The van der Waals surface area contributed by atoms with Crippen LogP contribution in [0.2, 0.25) is 0 Å². The van der Waals surface area contributed by atoms with Gasteiger partial charge in [-0.1, -0.05) is 6.07 Å². The van der Waals surface area contributed by atoms with Crippen molar-refractivity contribution in [1.29, 1.82) is 0 Å². The van der Waals surface area contributed by atoms with E-state index in [1.807, 2.05) is 31.3 Å². The summed E-state index contributed by atoms with van der Waals surface area (Å²) in [5, 5.41) is 8.54. The number of hydrogen-bond acceptors (Lipinski definition) is 5. The fourth-order valence-corrected chi connectivity index (χ4v) is 2.63. The number of thiazole rings is 1. The molecule has 1 aromatic carbocycles. The minimum Gasteiger partial charge on any atom is -0.397 e. The molecule has 3 N–H and O–H groups in total. The minimum absolute atomic E-state index is 0.686. The predicted molar refractivity (Wildman–Crippen MR) is 80.3 cm³/mol. The van der Waals surface area contributed by atoms with Crippen LogP contribution in [0.5, 0.6) is 0 Å². The van der Waals surface area contributed by atoms with Crippen molar-refractivity contribution >= 4 is 33.5 Å². The highest BCUT2D eigenvalue weighted by atomic mass is 32.1. The van der Waals surface area contributed by atoms with E-state index in [2.05, 4.69) is 20.7 Å². The van der Waals surface area contributed by atoms with Crippen LogP contribution in [0.1, 0.15) is 10.7 Å². The number of nitrogens with zero attached hydrogens (tertiary/aromatic N) is 2. The van der Waals surface area contributed by atoms with E-state index in [0.717, 1.165) is 32.8 Å². The Morgan fingerprint density at radius 3 is 3.00 bits per heavy atom. The number of fused-ring (bicyclic) bond motifs is 1. The molecule has 0 spiro atoms. The summed E-state index contributed by atoms with van der Waals surface area (Å²) in [5.74, 6) is 0. The molecular weight excluding hydrogens is 256 g/mol. The standard InChI is InChI=1S/C14H14N4S/c1-9-18-11(8-19-9)7-17-13-3-2-10-6-16-5-4-12(10)14(13)15/h2-6,8,17H,7,15H2,1H3. The first-order valence-corrected chi connectivity index (χ1v) is 6.89. The molecule has 0 saturated carbocycles. The molecule has 4 nitrogen and oxygen atoms in total. The number of rotatable bonds is 3. The van der Waals surface area contributed by atoms with Crippen molar-refractivity contribution in [3.8, 4) is 0 Å². The molecule has 96 valence electrons. The summed E-state index contributed by atoms with van der Waals surface area (Å²) in [5.41, 5.74) is 8.91.